The van der Waals surface area contributed by atoms with Crippen LogP contribution in [0.4, 0.5) is 4.79 Å². The number of hydrogen-bond donors (Lipinski definition) is 2. The topological polar surface area (TPSA) is 115 Å². The van der Waals surface area contributed by atoms with Gasteiger partial charge in [0.15, 0.2) is 0 Å². The molecule has 18 heavy (non-hydrogen) atoms. The number of thioether (sulfide) groups is 2. The lowest BCUT2D eigenvalue weighted by molar-refractivity contribution is -0.137. The van der Waals surface area contributed by atoms with Gasteiger partial charge in [0.1, 0.15) is 4.75 Å². The average molecular weight is 291 g/mol. The highest BCUT2D eigenvalue weighted by Crippen LogP contribution is 2.34. The molecular formula is C10H13NO5S2. The van der Waals surface area contributed by atoms with E-state index < -0.39 is 16.7 Å². The molecule has 1 atom stereocenters. The summed E-state index contributed by atoms with van der Waals surface area (Å²) in [6, 6.07) is 1.91. The number of carboxylic acid groups (broad SMARTS) is 2. The Morgan fingerprint density at radius 2 is 1.78 bits per heavy atom. The maximum Gasteiger partial charge on any atom is 0.304 e. The van der Waals surface area contributed by atoms with E-state index in [4.69, 9.17) is 15.5 Å². The lowest BCUT2D eigenvalue weighted by Crippen LogP contribution is -2.20. The molecule has 0 saturated heterocycles. The smallest absolute Gasteiger partial charge is 0.304 e. The molecule has 0 amide bonds. The number of carboxylic acids is 2. The Bertz CT molecular complexity index is 379. The Morgan fingerprint density at radius 1 is 1.22 bits per heavy atom. The highest BCUT2D eigenvalue weighted by atomic mass is 32.2. The molecule has 1 unspecified atom stereocenters. The first-order valence-electron chi connectivity index (χ1n) is 4.99. The molecule has 8 heteroatoms. The van der Waals surface area contributed by atoms with E-state index in [9.17, 15) is 14.4 Å². The lowest BCUT2D eigenvalue weighted by atomic mass is 10.1. The van der Waals surface area contributed by atoms with Crippen molar-refractivity contribution in [1.82, 2.24) is 0 Å². The van der Waals surface area contributed by atoms with Crippen LogP contribution < -0.4 is 0 Å². The van der Waals surface area contributed by atoms with E-state index in [0.717, 1.165) is 23.5 Å². The summed E-state index contributed by atoms with van der Waals surface area (Å²) >= 11 is 1.57. The first kappa shape index (κ1) is 16.8. The van der Waals surface area contributed by atoms with Crippen molar-refractivity contribution in [1.29, 1.82) is 5.26 Å². The summed E-state index contributed by atoms with van der Waals surface area (Å²) in [6.45, 7) is 1.50. The summed E-state index contributed by atoms with van der Waals surface area (Å²) in [5.74, 6) is -1.88. The van der Waals surface area contributed by atoms with Gasteiger partial charge in [-0.15, -0.1) is 0 Å². The van der Waals surface area contributed by atoms with Crippen LogP contribution in [-0.4, -0.2) is 37.1 Å². The third-order valence-corrected chi connectivity index (χ3v) is 4.06. The van der Waals surface area contributed by atoms with Crippen molar-refractivity contribution in [2.75, 3.05) is 5.75 Å². The van der Waals surface area contributed by atoms with Crippen molar-refractivity contribution in [2.45, 2.75) is 30.9 Å². The zero-order chi connectivity index (χ0) is 14.2. The summed E-state index contributed by atoms with van der Waals surface area (Å²) in [4.78, 5) is 32.1. The SMILES string of the molecule is CC(C#N)(CCC(=O)O)SC(=O)SCCC(=O)O. The molecule has 100 valence electrons. The van der Waals surface area contributed by atoms with Crippen molar-refractivity contribution < 1.29 is 24.6 Å². The van der Waals surface area contributed by atoms with Crippen LogP contribution in [0.25, 0.3) is 0 Å². The second kappa shape index (κ2) is 8.00. The van der Waals surface area contributed by atoms with E-state index in [1.165, 1.54) is 6.92 Å². The van der Waals surface area contributed by atoms with Gasteiger partial charge in [-0.3, -0.25) is 14.4 Å². The van der Waals surface area contributed by atoms with Crippen LogP contribution in [0.1, 0.15) is 26.2 Å². The molecule has 2 N–H and O–H groups in total. The first-order chi connectivity index (χ1) is 8.29. The van der Waals surface area contributed by atoms with Crippen molar-refractivity contribution >= 4 is 39.9 Å². The molecule has 0 aromatic carbocycles. The molecule has 0 aliphatic rings. The van der Waals surface area contributed by atoms with Gasteiger partial charge in [0.2, 0.25) is 4.45 Å². The summed E-state index contributed by atoms with van der Waals surface area (Å²) in [7, 11) is 0. The number of carbonyl (C=O) groups is 3. The Morgan fingerprint density at radius 3 is 2.22 bits per heavy atom. The van der Waals surface area contributed by atoms with E-state index in [0.29, 0.717) is 0 Å². The van der Waals surface area contributed by atoms with Gasteiger partial charge >= 0.3 is 11.9 Å². The third kappa shape index (κ3) is 7.97. The molecular weight excluding hydrogens is 278 g/mol. The molecule has 0 fully saturated rings. The number of rotatable bonds is 7. The molecule has 0 heterocycles. The van der Waals surface area contributed by atoms with Gasteiger partial charge in [0.25, 0.3) is 0 Å². The Balaban J connectivity index is 4.18. The number of carbonyl (C=O) groups excluding carboxylic acids is 1. The predicted molar refractivity (Wildman–Crippen MR) is 68.6 cm³/mol. The average Bonchev–Trinajstić information content (AvgIpc) is 2.26. The number of nitrogens with zero attached hydrogens (tertiary/aromatic N) is 1. The highest BCUT2D eigenvalue weighted by Gasteiger charge is 2.29. The standard InChI is InChI=1S/C10H13NO5S2/c1-10(6-11,4-2-7(12)13)18-9(16)17-5-3-8(14)15/h2-5H2,1H3,(H,12,13)(H,14,15). The molecule has 0 aromatic heterocycles. The normalized spacial score (nSPS) is 13.3. The van der Waals surface area contributed by atoms with Crippen LogP contribution in [0, 0.1) is 11.3 Å². The van der Waals surface area contributed by atoms with Gasteiger partial charge in [0, 0.05) is 12.2 Å². The van der Waals surface area contributed by atoms with Crippen LogP contribution in [0.2, 0.25) is 0 Å². The highest BCUT2D eigenvalue weighted by molar-refractivity contribution is 8.39. The van der Waals surface area contributed by atoms with Crippen molar-refractivity contribution in [3.05, 3.63) is 0 Å². The fourth-order valence-electron chi connectivity index (χ4n) is 0.910. The van der Waals surface area contributed by atoms with Crippen LogP contribution in [0.3, 0.4) is 0 Å². The Hall–Kier alpha value is -1.20. The van der Waals surface area contributed by atoms with Gasteiger partial charge in [0.05, 0.1) is 12.5 Å². The van der Waals surface area contributed by atoms with Crippen LogP contribution in [0.15, 0.2) is 0 Å². The van der Waals surface area contributed by atoms with E-state index >= 15 is 0 Å². The van der Waals surface area contributed by atoms with Crippen molar-refractivity contribution in [2.24, 2.45) is 0 Å². The van der Waals surface area contributed by atoms with E-state index in [1.54, 1.807) is 0 Å². The summed E-state index contributed by atoms with van der Waals surface area (Å²) in [5, 5.41) is 25.9. The fraction of sp³-hybridized carbons (Fsp3) is 0.600. The molecule has 0 aromatic rings. The van der Waals surface area contributed by atoms with Crippen molar-refractivity contribution in [3.8, 4) is 6.07 Å². The fourth-order valence-corrected chi connectivity index (χ4v) is 3.01. The number of hydrogen-bond acceptors (Lipinski definition) is 6. The molecule has 0 rings (SSSR count). The van der Waals surface area contributed by atoms with Crippen LogP contribution >= 0.6 is 23.5 Å². The minimum atomic E-state index is -1.09. The number of nitriles is 1. The first-order valence-corrected chi connectivity index (χ1v) is 6.80. The van der Waals surface area contributed by atoms with Gasteiger partial charge < -0.3 is 10.2 Å². The minimum Gasteiger partial charge on any atom is -0.481 e. The van der Waals surface area contributed by atoms with Gasteiger partial charge in [-0.05, 0) is 13.3 Å². The minimum absolute atomic E-state index is 0.0642. The van der Waals surface area contributed by atoms with Crippen LogP contribution in [0.5, 0.6) is 0 Å². The zero-order valence-corrected chi connectivity index (χ0v) is 11.3. The lowest BCUT2D eigenvalue weighted by Gasteiger charge is -2.18. The Kier molecular flexibility index (Phi) is 7.47. The molecule has 0 aliphatic carbocycles. The molecule has 0 aliphatic heterocycles. The quantitative estimate of drug-likeness (QED) is 0.733. The third-order valence-electron chi connectivity index (χ3n) is 1.90. The second-order valence-corrected chi connectivity index (χ2v) is 6.38. The summed E-state index contributed by atoms with van der Waals surface area (Å²) in [6.07, 6.45) is -0.256. The maximum atomic E-state index is 11.5. The predicted octanol–water partition coefficient (Wildman–Crippen LogP) is 2.19. The molecule has 0 spiro atoms. The summed E-state index contributed by atoms with van der Waals surface area (Å²) in [5.41, 5.74) is 0. The summed E-state index contributed by atoms with van der Waals surface area (Å²) < 4.78 is -1.46. The molecule has 0 radical (unpaired) electrons. The zero-order valence-electron chi connectivity index (χ0n) is 9.71. The van der Waals surface area contributed by atoms with Crippen LogP contribution in [-0.2, 0) is 9.59 Å². The van der Waals surface area contributed by atoms with Gasteiger partial charge in [-0.1, -0.05) is 23.5 Å². The second-order valence-electron chi connectivity index (χ2n) is 3.58. The molecule has 0 bridgehead atoms. The molecule has 6 nitrogen and oxygen atoms in total. The van der Waals surface area contributed by atoms with E-state index in [1.807, 2.05) is 6.07 Å². The maximum absolute atomic E-state index is 11.5. The monoisotopic (exact) mass is 291 g/mol. The van der Waals surface area contributed by atoms with Crippen molar-refractivity contribution in [3.63, 3.8) is 0 Å². The largest absolute Gasteiger partial charge is 0.481 e. The molecule has 0 saturated carbocycles. The van der Waals surface area contributed by atoms with E-state index in [2.05, 4.69) is 0 Å². The number of aliphatic carboxylic acids is 2. The van der Waals surface area contributed by atoms with Gasteiger partial charge in [-0.2, -0.15) is 5.26 Å². The Labute approximate surface area is 113 Å². The van der Waals surface area contributed by atoms with E-state index in [-0.39, 0.29) is 29.5 Å². The van der Waals surface area contributed by atoms with Gasteiger partial charge in [-0.25, -0.2) is 0 Å².